The third kappa shape index (κ3) is 4.11. The largest absolute Gasteiger partial charge is 0.309 e. The Hall–Kier alpha value is -1.26. The summed E-state index contributed by atoms with van der Waals surface area (Å²) in [5.41, 5.74) is 4.48. The molecule has 112 valence electrons. The normalized spacial score (nSPS) is 12.4. The molecule has 0 aliphatic rings. The average molecular weight is 351 g/mol. The first kappa shape index (κ1) is 16.1. The number of pyridine rings is 1. The number of halogens is 2. The first-order chi connectivity index (χ1) is 10.0. The number of nitrogens with zero attached hydrogens (tertiary/aromatic N) is 1. The molecule has 0 bridgehead atoms. The van der Waals surface area contributed by atoms with E-state index in [0.717, 1.165) is 29.8 Å². The Kier molecular flexibility index (Phi) is 5.48. The van der Waals surface area contributed by atoms with Crippen LogP contribution in [0.3, 0.4) is 0 Å². The molecular formula is C17H20BrFN2. The quantitative estimate of drug-likeness (QED) is 0.858. The number of nitrogens with one attached hydrogen (secondary N) is 1. The molecule has 2 rings (SSSR count). The van der Waals surface area contributed by atoms with Crippen molar-refractivity contribution >= 4 is 15.9 Å². The van der Waals surface area contributed by atoms with E-state index in [9.17, 15) is 4.39 Å². The topological polar surface area (TPSA) is 24.9 Å². The summed E-state index contributed by atoms with van der Waals surface area (Å²) in [6, 6.07) is 7.44. The van der Waals surface area contributed by atoms with Crippen LogP contribution in [-0.2, 0) is 6.42 Å². The Balaban J connectivity index is 2.28. The first-order valence-corrected chi connectivity index (χ1v) is 7.91. The minimum atomic E-state index is -0.233. The van der Waals surface area contributed by atoms with E-state index >= 15 is 0 Å². The highest BCUT2D eigenvalue weighted by atomic mass is 79.9. The van der Waals surface area contributed by atoms with Gasteiger partial charge in [-0.15, -0.1) is 0 Å². The second kappa shape index (κ2) is 7.14. The lowest BCUT2D eigenvalue weighted by Crippen LogP contribution is -2.24. The molecule has 1 aromatic heterocycles. The van der Waals surface area contributed by atoms with Crippen LogP contribution < -0.4 is 5.32 Å². The highest BCUT2D eigenvalue weighted by molar-refractivity contribution is 9.10. The molecule has 0 saturated carbocycles. The fourth-order valence-electron chi connectivity index (χ4n) is 2.50. The Morgan fingerprint density at radius 1 is 1.29 bits per heavy atom. The third-order valence-electron chi connectivity index (χ3n) is 3.46. The zero-order chi connectivity index (χ0) is 15.4. The molecule has 0 spiro atoms. The summed E-state index contributed by atoms with van der Waals surface area (Å²) in [6.07, 6.45) is 2.68. The van der Waals surface area contributed by atoms with Gasteiger partial charge in [-0.25, -0.2) is 4.39 Å². The predicted octanol–water partition coefficient (Wildman–Crippen LogP) is 4.49. The Morgan fingerprint density at radius 2 is 2.05 bits per heavy atom. The number of hydrogen-bond acceptors (Lipinski definition) is 2. The molecule has 0 aliphatic carbocycles. The van der Waals surface area contributed by atoms with E-state index in [4.69, 9.17) is 0 Å². The summed E-state index contributed by atoms with van der Waals surface area (Å²) < 4.78 is 13.8. The zero-order valence-corrected chi connectivity index (χ0v) is 14.2. The molecule has 21 heavy (non-hydrogen) atoms. The maximum atomic E-state index is 13.3. The van der Waals surface area contributed by atoms with E-state index < -0.39 is 0 Å². The van der Waals surface area contributed by atoms with Gasteiger partial charge < -0.3 is 5.32 Å². The van der Waals surface area contributed by atoms with Gasteiger partial charge in [0.05, 0.1) is 16.2 Å². The molecule has 4 heteroatoms. The van der Waals surface area contributed by atoms with Crippen LogP contribution in [0, 0.1) is 19.7 Å². The van der Waals surface area contributed by atoms with E-state index in [1.807, 2.05) is 25.3 Å². The van der Waals surface area contributed by atoms with Gasteiger partial charge in [0.25, 0.3) is 0 Å². The number of aryl methyl sites for hydroxylation is 2. The number of hydrogen-bond donors (Lipinski definition) is 1. The second-order valence-electron chi connectivity index (χ2n) is 5.28. The maximum Gasteiger partial charge on any atom is 0.137 e. The van der Waals surface area contributed by atoms with Crippen molar-refractivity contribution in [1.82, 2.24) is 10.3 Å². The van der Waals surface area contributed by atoms with Crippen molar-refractivity contribution in [2.45, 2.75) is 33.2 Å². The molecule has 0 fully saturated rings. The van der Waals surface area contributed by atoms with E-state index in [2.05, 4.69) is 46.1 Å². The van der Waals surface area contributed by atoms with Crippen molar-refractivity contribution in [2.24, 2.45) is 0 Å². The molecule has 1 heterocycles. The van der Waals surface area contributed by atoms with Crippen molar-refractivity contribution in [1.29, 1.82) is 0 Å². The summed E-state index contributed by atoms with van der Waals surface area (Å²) in [7, 11) is 0. The molecule has 0 saturated heterocycles. The van der Waals surface area contributed by atoms with Crippen LogP contribution in [0.5, 0.6) is 0 Å². The number of likely N-dealkylation sites (N-methyl/N-ethyl adjacent to an activating group) is 1. The van der Waals surface area contributed by atoms with Gasteiger partial charge in [-0.2, -0.15) is 0 Å². The minimum Gasteiger partial charge on any atom is -0.309 e. The van der Waals surface area contributed by atoms with Crippen molar-refractivity contribution in [3.63, 3.8) is 0 Å². The summed E-state index contributed by atoms with van der Waals surface area (Å²) in [5, 5.41) is 3.47. The molecule has 2 aromatic rings. The lowest BCUT2D eigenvalue weighted by molar-refractivity contribution is 0.532. The monoisotopic (exact) mass is 350 g/mol. The molecule has 1 N–H and O–H groups in total. The van der Waals surface area contributed by atoms with Gasteiger partial charge in [0.1, 0.15) is 5.82 Å². The summed E-state index contributed by atoms with van der Waals surface area (Å²) in [4.78, 5) is 4.58. The van der Waals surface area contributed by atoms with Crippen LogP contribution in [0.15, 0.2) is 34.9 Å². The predicted molar refractivity (Wildman–Crippen MR) is 87.9 cm³/mol. The lowest BCUT2D eigenvalue weighted by atomic mass is 9.99. The molecule has 0 amide bonds. The molecule has 1 aromatic carbocycles. The third-order valence-corrected chi connectivity index (χ3v) is 4.07. The minimum absolute atomic E-state index is 0.132. The van der Waals surface area contributed by atoms with Crippen LogP contribution in [0.4, 0.5) is 4.39 Å². The van der Waals surface area contributed by atoms with Gasteiger partial charge in [-0.05, 0) is 71.6 Å². The molecule has 2 nitrogen and oxygen atoms in total. The second-order valence-corrected chi connectivity index (χ2v) is 6.13. The van der Waals surface area contributed by atoms with Gasteiger partial charge in [0.2, 0.25) is 0 Å². The van der Waals surface area contributed by atoms with E-state index in [-0.39, 0.29) is 11.9 Å². The summed E-state index contributed by atoms with van der Waals surface area (Å²) >= 11 is 3.24. The highest BCUT2D eigenvalue weighted by Gasteiger charge is 2.15. The SMILES string of the molecule is CCNC(Cc1ccc(F)c(Br)c1)c1ncc(C)cc1C. The van der Waals surface area contributed by atoms with Crippen LogP contribution in [0.1, 0.15) is 35.3 Å². The van der Waals surface area contributed by atoms with Gasteiger partial charge in [-0.3, -0.25) is 4.98 Å². The Labute approximate surface area is 133 Å². The Bertz CT molecular complexity index is 628. The number of aromatic nitrogens is 1. The van der Waals surface area contributed by atoms with E-state index in [1.54, 1.807) is 0 Å². The number of benzene rings is 1. The van der Waals surface area contributed by atoms with Gasteiger partial charge >= 0.3 is 0 Å². The summed E-state index contributed by atoms with van der Waals surface area (Å²) in [6.45, 7) is 7.07. The molecule has 0 radical (unpaired) electrons. The zero-order valence-electron chi connectivity index (χ0n) is 12.6. The van der Waals surface area contributed by atoms with Crippen molar-refractivity contribution < 1.29 is 4.39 Å². The van der Waals surface area contributed by atoms with Gasteiger partial charge in [0, 0.05) is 6.20 Å². The molecular weight excluding hydrogens is 331 g/mol. The van der Waals surface area contributed by atoms with Crippen LogP contribution in [0.25, 0.3) is 0 Å². The maximum absolute atomic E-state index is 13.3. The van der Waals surface area contributed by atoms with Crippen molar-refractivity contribution in [2.75, 3.05) is 6.54 Å². The van der Waals surface area contributed by atoms with Crippen LogP contribution in [-0.4, -0.2) is 11.5 Å². The van der Waals surface area contributed by atoms with E-state index in [1.165, 1.54) is 11.6 Å². The summed E-state index contributed by atoms with van der Waals surface area (Å²) in [5.74, 6) is -0.233. The van der Waals surface area contributed by atoms with E-state index in [0.29, 0.717) is 4.47 Å². The molecule has 0 aliphatic heterocycles. The highest BCUT2D eigenvalue weighted by Crippen LogP contribution is 2.23. The average Bonchev–Trinajstić information content (AvgIpc) is 2.42. The van der Waals surface area contributed by atoms with Gasteiger partial charge in [-0.1, -0.05) is 19.1 Å². The lowest BCUT2D eigenvalue weighted by Gasteiger charge is -2.20. The fourth-order valence-corrected chi connectivity index (χ4v) is 2.93. The Morgan fingerprint density at radius 3 is 2.67 bits per heavy atom. The van der Waals surface area contributed by atoms with Crippen molar-refractivity contribution in [3.05, 3.63) is 63.1 Å². The van der Waals surface area contributed by atoms with Crippen LogP contribution >= 0.6 is 15.9 Å². The number of rotatable bonds is 5. The standard InChI is InChI=1S/C17H20BrFN2/c1-4-20-16(17-12(3)7-11(2)10-21-17)9-13-5-6-15(19)14(18)8-13/h5-8,10,16,20H,4,9H2,1-3H3. The van der Waals surface area contributed by atoms with Crippen molar-refractivity contribution in [3.8, 4) is 0 Å². The fraction of sp³-hybridized carbons (Fsp3) is 0.353. The first-order valence-electron chi connectivity index (χ1n) is 7.11. The smallest absolute Gasteiger partial charge is 0.137 e. The van der Waals surface area contributed by atoms with Crippen LogP contribution in [0.2, 0.25) is 0 Å². The molecule has 1 atom stereocenters. The van der Waals surface area contributed by atoms with Gasteiger partial charge in [0.15, 0.2) is 0 Å². The molecule has 1 unspecified atom stereocenters.